The summed E-state index contributed by atoms with van der Waals surface area (Å²) < 4.78 is 0. The van der Waals surface area contributed by atoms with Gasteiger partial charge < -0.3 is 10.2 Å². The van der Waals surface area contributed by atoms with Gasteiger partial charge in [-0.3, -0.25) is 4.98 Å². The second-order valence-corrected chi connectivity index (χ2v) is 4.93. The van der Waals surface area contributed by atoms with Crippen molar-refractivity contribution in [2.75, 3.05) is 24.5 Å². The molecule has 0 amide bonds. The summed E-state index contributed by atoms with van der Waals surface area (Å²) in [5.74, 6) is 1.91. The summed E-state index contributed by atoms with van der Waals surface area (Å²) in [5, 5.41) is 3.27. The van der Waals surface area contributed by atoms with Crippen LogP contribution >= 0.6 is 0 Å². The van der Waals surface area contributed by atoms with Crippen LogP contribution in [0.15, 0.2) is 12.4 Å². The van der Waals surface area contributed by atoms with E-state index in [2.05, 4.69) is 27.1 Å². The molecule has 86 valence electrons. The highest BCUT2D eigenvalue weighted by atomic mass is 15.2. The Kier molecular flexibility index (Phi) is 2.52. The van der Waals surface area contributed by atoms with Gasteiger partial charge in [0, 0.05) is 19.6 Å². The molecule has 4 nitrogen and oxygen atoms in total. The summed E-state index contributed by atoms with van der Waals surface area (Å²) in [6, 6.07) is 0.455. The van der Waals surface area contributed by atoms with Crippen LogP contribution in [0.4, 0.5) is 5.82 Å². The summed E-state index contributed by atoms with van der Waals surface area (Å²) in [5.41, 5.74) is 1.09. The Morgan fingerprint density at radius 3 is 2.75 bits per heavy atom. The fourth-order valence-electron chi connectivity index (χ4n) is 2.20. The van der Waals surface area contributed by atoms with E-state index in [4.69, 9.17) is 0 Å². The smallest absolute Gasteiger partial charge is 0.147 e. The second-order valence-electron chi connectivity index (χ2n) is 4.93. The summed E-state index contributed by atoms with van der Waals surface area (Å²) in [4.78, 5) is 11.3. The molecule has 1 aromatic heterocycles. The van der Waals surface area contributed by atoms with Gasteiger partial charge in [0.2, 0.25) is 0 Å². The molecule has 1 unspecified atom stereocenters. The molecule has 0 aliphatic carbocycles. The van der Waals surface area contributed by atoms with E-state index in [0.717, 1.165) is 37.1 Å². The molecule has 2 saturated heterocycles. The zero-order valence-corrected chi connectivity index (χ0v) is 9.69. The molecule has 2 aliphatic rings. The normalized spacial score (nSPS) is 25.8. The molecule has 1 aromatic rings. The lowest BCUT2D eigenvalue weighted by Crippen LogP contribution is -2.33. The van der Waals surface area contributed by atoms with Gasteiger partial charge >= 0.3 is 0 Å². The number of nitrogens with one attached hydrogen (secondary N) is 1. The standard InChI is InChI=1S/C12H18N4/c1-9-2-4-16(5-3-9)12-8-13-6-11(15-12)10-7-14-10/h6,8-10,14H,2-5,7H2,1H3. The number of hydrogen-bond donors (Lipinski definition) is 1. The molecule has 3 rings (SSSR count). The average Bonchev–Trinajstić information content (AvgIpc) is 3.14. The van der Waals surface area contributed by atoms with Crippen LogP contribution in [0.3, 0.4) is 0 Å². The zero-order chi connectivity index (χ0) is 11.0. The fourth-order valence-corrected chi connectivity index (χ4v) is 2.20. The minimum atomic E-state index is 0.455. The summed E-state index contributed by atoms with van der Waals surface area (Å²) >= 11 is 0. The average molecular weight is 218 g/mol. The summed E-state index contributed by atoms with van der Waals surface area (Å²) in [6.07, 6.45) is 6.31. The highest BCUT2D eigenvalue weighted by Gasteiger charge is 2.25. The Hall–Kier alpha value is -1.16. The Morgan fingerprint density at radius 1 is 1.31 bits per heavy atom. The van der Waals surface area contributed by atoms with Crippen molar-refractivity contribution in [3.8, 4) is 0 Å². The van der Waals surface area contributed by atoms with Crippen molar-refractivity contribution in [3.05, 3.63) is 18.1 Å². The quantitative estimate of drug-likeness (QED) is 0.761. The number of piperidine rings is 1. The summed E-state index contributed by atoms with van der Waals surface area (Å²) in [6.45, 7) is 5.62. The van der Waals surface area contributed by atoms with Crippen molar-refractivity contribution in [3.63, 3.8) is 0 Å². The van der Waals surface area contributed by atoms with Crippen LogP contribution in [-0.4, -0.2) is 29.6 Å². The van der Waals surface area contributed by atoms with E-state index in [1.54, 1.807) is 0 Å². The molecule has 0 spiro atoms. The number of hydrogen-bond acceptors (Lipinski definition) is 4. The van der Waals surface area contributed by atoms with Crippen LogP contribution in [0.5, 0.6) is 0 Å². The van der Waals surface area contributed by atoms with E-state index in [9.17, 15) is 0 Å². The van der Waals surface area contributed by atoms with Gasteiger partial charge in [-0.15, -0.1) is 0 Å². The van der Waals surface area contributed by atoms with Gasteiger partial charge in [0.15, 0.2) is 0 Å². The van der Waals surface area contributed by atoms with Crippen molar-refractivity contribution in [1.29, 1.82) is 0 Å². The third kappa shape index (κ3) is 2.02. The molecule has 0 aromatic carbocycles. The topological polar surface area (TPSA) is 51.0 Å². The maximum atomic E-state index is 4.68. The molecule has 0 bridgehead atoms. The number of aromatic nitrogens is 2. The molecule has 2 fully saturated rings. The van der Waals surface area contributed by atoms with E-state index < -0.39 is 0 Å². The SMILES string of the molecule is CC1CCN(c2cncc(C3CN3)n2)CC1. The first-order valence-electron chi connectivity index (χ1n) is 6.13. The van der Waals surface area contributed by atoms with E-state index in [1.165, 1.54) is 12.8 Å². The van der Waals surface area contributed by atoms with Crippen LogP contribution < -0.4 is 10.2 Å². The third-order valence-electron chi connectivity index (χ3n) is 3.51. The van der Waals surface area contributed by atoms with Crippen LogP contribution in [-0.2, 0) is 0 Å². The number of anilines is 1. The van der Waals surface area contributed by atoms with Gasteiger partial charge in [0.25, 0.3) is 0 Å². The van der Waals surface area contributed by atoms with Gasteiger partial charge in [0.05, 0.1) is 24.1 Å². The predicted molar refractivity (Wildman–Crippen MR) is 63.4 cm³/mol. The minimum Gasteiger partial charge on any atom is -0.355 e. The zero-order valence-electron chi connectivity index (χ0n) is 9.69. The lowest BCUT2D eigenvalue weighted by Gasteiger charge is -2.31. The molecular formula is C12H18N4. The highest BCUT2D eigenvalue weighted by molar-refractivity contribution is 5.37. The van der Waals surface area contributed by atoms with Crippen LogP contribution in [0.2, 0.25) is 0 Å². The van der Waals surface area contributed by atoms with Gasteiger partial charge in [-0.25, -0.2) is 4.98 Å². The number of nitrogens with zero attached hydrogens (tertiary/aromatic N) is 3. The first-order chi connectivity index (χ1) is 7.83. The van der Waals surface area contributed by atoms with E-state index in [1.807, 2.05) is 12.4 Å². The molecule has 0 saturated carbocycles. The Morgan fingerprint density at radius 2 is 2.06 bits per heavy atom. The lowest BCUT2D eigenvalue weighted by molar-refractivity contribution is 0.436. The third-order valence-corrected chi connectivity index (χ3v) is 3.51. The van der Waals surface area contributed by atoms with Gasteiger partial charge in [-0.1, -0.05) is 6.92 Å². The maximum Gasteiger partial charge on any atom is 0.147 e. The van der Waals surface area contributed by atoms with Crippen molar-refractivity contribution in [2.45, 2.75) is 25.8 Å². The minimum absolute atomic E-state index is 0.455. The Balaban J connectivity index is 1.75. The van der Waals surface area contributed by atoms with Crippen molar-refractivity contribution >= 4 is 5.82 Å². The molecule has 1 atom stereocenters. The van der Waals surface area contributed by atoms with Crippen molar-refractivity contribution in [1.82, 2.24) is 15.3 Å². The molecule has 4 heteroatoms. The van der Waals surface area contributed by atoms with Crippen molar-refractivity contribution in [2.24, 2.45) is 5.92 Å². The van der Waals surface area contributed by atoms with Gasteiger partial charge in [-0.05, 0) is 18.8 Å². The molecule has 2 aliphatic heterocycles. The van der Waals surface area contributed by atoms with E-state index in [-0.39, 0.29) is 0 Å². The van der Waals surface area contributed by atoms with Gasteiger partial charge in [0.1, 0.15) is 5.82 Å². The molecule has 1 N–H and O–H groups in total. The monoisotopic (exact) mass is 218 g/mol. The fraction of sp³-hybridized carbons (Fsp3) is 0.667. The molecule has 16 heavy (non-hydrogen) atoms. The second kappa shape index (κ2) is 4.01. The van der Waals surface area contributed by atoms with Gasteiger partial charge in [-0.2, -0.15) is 0 Å². The largest absolute Gasteiger partial charge is 0.355 e. The first-order valence-corrected chi connectivity index (χ1v) is 6.13. The Bertz CT molecular complexity index is 367. The van der Waals surface area contributed by atoms with Crippen LogP contribution in [0, 0.1) is 5.92 Å². The highest BCUT2D eigenvalue weighted by Crippen LogP contribution is 2.24. The molecule has 3 heterocycles. The van der Waals surface area contributed by atoms with Crippen LogP contribution in [0.25, 0.3) is 0 Å². The first kappa shape index (κ1) is 10.0. The predicted octanol–water partition coefficient (Wildman–Crippen LogP) is 1.36. The van der Waals surface area contributed by atoms with E-state index >= 15 is 0 Å². The maximum absolute atomic E-state index is 4.68. The van der Waals surface area contributed by atoms with E-state index in [0.29, 0.717) is 6.04 Å². The molecular weight excluding hydrogens is 200 g/mol. The lowest BCUT2D eigenvalue weighted by atomic mass is 9.99. The molecule has 0 radical (unpaired) electrons. The van der Waals surface area contributed by atoms with Crippen molar-refractivity contribution < 1.29 is 0 Å². The number of rotatable bonds is 2. The van der Waals surface area contributed by atoms with Crippen LogP contribution in [0.1, 0.15) is 31.5 Å². The Labute approximate surface area is 96.1 Å². The summed E-state index contributed by atoms with van der Waals surface area (Å²) in [7, 11) is 0.